The summed E-state index contributed by atoms with van der Waals surface area (Å²) in [6.07, 6.45) is 3.65. The first kappa shape index (κ1) is 30.1. The van der Waals surface area contributed by atoms with Crippen LogP contribution in [0.15, 0.2) is 164 Å². The summed E-state index contributed by atoms with van der Waals surface area (Å²) in [6, 6.07) is 52.1. The van der Waals surface area contributed by atoms with Crippen LogP contribution in [0.2, 0.25) is 5.02 Å². The second-order valence-electron chi connectivity index (χ2n) is 12.0. The molecule has 0 radical (unpaired) electrons. The molecule has 0 saturated carbocycles. The van der Waals surface area contributed by atoms with Crippen LogP contribution in [0.1, 0.15) is 0 Å². The molecule has 0 bridgehead atoms. The van der Waals surface area contributed by atoms with Crippen molar-refractivity contribution in [1.82, 2.24) is 19.9 Å². The van der Waals surface area contributed by atoms with E-state index >= 15 is 0 Å². The van der Waals surface area contributed by atoms with Gasteiger partial charge < -0.3 is 0 Å². The van der Waals surface area contributed by atoms with Gasteiger partial charge in [-0.05, 0) is 70.8 Å². The van der Waals surface area contributed by atoms with Gasteiger partial charge in [0.1, 0.15) is 0 Å². The van der Waals surface area contributed by atoms with E-state index in [1.807, 2.05) is 79.1 Å². The maximum Gasteiger partial charge on any atom is 0.160 e. The summed E-state index contributed by atoms with van der Waals surface area (Å²) < 4.78 is 2.04. The highest BCUT2D eigenvalue weighted by Gasteiger charge is 2.19. The zero-order valence-corrected chi connectivity index (χ0v) is 28.2. The minimum Gasteiger partial charge on any atom is -0.256 e. The van der Waals surface area contributed by atoms with Crippen molar-refractivity contribution in [3.8, 4) is 67.4 Å². The molecule has 0 spiro atoms. The van der Waals surface area contributed by atoms with E-state index in [1.165, 1.54) is 0 Å². The Morgan fingerprint density at radius 1 is 0.420 bits per heavy atom. The number of halogens is 1. The van der Waals surface area contributed by atoms with Gasteiger partial charge in [0, 0.05) is 40.0 Å². The quantitative estimate of drug-likeness (QED) is 0.176. The van der Waals surface area contributed by atoms with Crippen molar-refractivity contribution in [1.29, 1.82) is 0 Å². The summed E-state index contributed by atoms with van der Waals surface area (Å²) in [5.74, 6) is 0.661. The lowest BCUT2D eigenvalue weighted by atomic mass is 9.94. The first-order chi connectivity index (χ1) is 24.7. The smallest absolute Gasteiger partial charge is 0.160 e. The van der Waals surface area contributed by atoms with E-state index in [2.05, 4.69) is 94.9 Å². The van der Waals surface area contributed by atoms with Gasteiger partial charge in [0.2, 0.25) is 0 Å². The van der Waals surface area contributed by atoms with E-state index in [4.69, 9.17) is 21.6 Å². The van der Waals surface area contributed by atoms with Crippen LogP contribution in [0.5, 0.6) is 0 Å². The summed E-state index contributed by atoms with van der Waals surface area (Å²) in [7, 11) is 0. The second kappa shape index (κ2) is 12.8. The molecule has 0 fully saturated rings. The number of nitrogens with zero attached hydrogens (tertiary/aromatic N) is 4. The first-order valence-corrected chi connectivity index (χ1v) is 17.5. The number of fused-ring (bicyclic) bond motifs is 3. The predicted molar refractivity (Wildman–Crippen MR) is 208 cm³/mol. The third-order valence-corrected chi connectivity index (χ3v) is 10.5. The third kappa shape index (κ3) is 5.63. The van der Waals surface area contributed by atoms with Crippen molar-refractivity contribution >= 4 is 43.2 Å². The Labute approximate surface area is 298 Å². The number of benzene rings is 5. The minimum absolute atomic E-state index is 0.661. The highest BCUT2D eigenvalue weighted by molar-refractivity contribution is 7.26. The van der Waals surface area contributed by atoms with E-state index in [0.717, 1.165) is 86.9 Å². The Kier molecular flexibility index (Phi) is 7.69. The molecule has 9 rings (SSSR count). The first-order valence-electron chi connectivity index (χ1n) is 16.3. The number of aromatic nitrogens is 4. The lowest BCUT2D eigenvalue weighted by molar-refractivity contribution is 1.24. The molecule has 6 heteroatoms. The van der Waals surface area contributed by atoms with Crippen LogP contribution in [-0.4, -0.2) is 19.9 Å². The molecular weight excluding hydrogens is 652 g/mol. The van der Waals surface area contributed by atoms with Gasteiger partial charge in [0.15, 0.2) is 5.82 Å². The molecule has 0 atom stereocenters. The van der Waals surface area contributed by atoms with Crippen molar-refractivity contribution in [3.05, 3.63) is 169 Å². The molecule has 0 aliphatic heterocycles. The second-order valence-corrected chi connectivity index (χ2v) is 13.5. The van der Waals surface area contributed by atoms with Gasteiger partial charge in [-0.25, -0.2) is 9.97 Å². The van der Waals surface area contributed by atoms with Gasteiger partial charge in [0.05, 0.1) is 37.0 Å². The fraction of sp³-hybridized carbons (Fsp3) is 0. The number of hydrogen-bond acceptors (Lipinski definition) is 5. The normalized spacial score (nSPS) is 11.3. The standard InChI is InChI=1S/C44H27ClN4S/c45-37-12-8-11-36-41-43(50-42(36)37)40(32-9-2-1-3-10-32)48-44(49-41)35-26-33(28-15-19-30(20-16-28)38-13-4-6-23-46-38)25-34(27-35)29-17-21-31(22-18-29)39-14-5-7-24-47-39/h1-27H. The molecule has 4 heterocycles. The van der Waals surface area contributed by atoms with Crippen LogP contribution in [-0.2, 0) is 0 Å². The molecule has 236 valence electrons. The average Bonchev–Trinajstić information content (AvgIpc) is 3.58. The van der Waals surface area contributed by atoms with E-state index in [1.54, 1.807) is 11.3 Å². The van der Waals surface area contributed by atoms with E-state index in [0.29, 0.717) is 5.82 Å². The number of pyridine rings is 2. The Morgan fingerprint density at radius 3 is 1.56 bits per heavy atom. The average molecular weight is 679 g/mol. The van der Waals surface area contributed by atoms with Gasteiger partial charge in [-0.1, -0.05) is 115 Å². The largest absolute Gasteiger partial charge is 0.256 e. The maximum absolute atomic E-state index is 6.72. The molecule has 4 aromatic heterocycles. The lowest BCUT2D eigenvalue weighted by Crippen LogP contribution is -1.95. The number of hydrogen-bond donors (Lipinski definition) is 0. The fourth-order valence-electron chi connectivity index (χ4n) is 6.38. The number of rotatable bonds is 6. The third-order valence-electron chi connectivity index (χ3n) is 8.89. The van der Waals surface area contributed by atoms with Crippen LogP contribution in [0, 0.1) is 0 Å². The SMILES string of the molecule is Clc1cccc2c1sc1c(-c3ccccc3)nc(-c3cc(-c4ccc(-c5ccccn5)cc4)cc(-c4ccc(-c5ccccn5)cc4)c3)nc12. The van der Waals surface area contributed by atoms with Crippen molar-refractivity contribution < 1.29 is 0 Å². The monoisotopic (exact) mass is 678 g/mol. The Hall–Kier alpha value is -6.01. The van der Waals surface area contributed by atoms with Crippen LogP contribution in [0.4, 0.5) is 0 Å². The molecule has 0 aliphatic carbocycles. The van der Waals surface area contributed by atoms with Gasteiger partial charge in [-0.15, -0.1) is 11.3 Å². The Balaban J connectivity index is 1.24. The predicted octanol–water partition coefficient (Wildman–Crippen LogP) is 12.3. The summed E-state index contributed by atoms with van der Waals surface area (Å²) in [5.41, 5.74) is 12.1. The van der Waals surface area contributed by atoms with Crippen molar-refractivity contribution in [3.63, 3.8) is 0 Å². The molecule has 50 heavy (non-hydrogen) atoms. The zero-order chi connectivity index (χ0) is 33.4. The van der Waals surface area contributed by atoms with Gasteiger partial charge in [0.25, 0.3) is 0 Å². The molecular formula is C44H27ClN4S. The highest BCUT2D eigenvalue weighted by atomic mass is 35.5. The molecule has 0 unspecified atom stereocenters. The maximum atomic E-state index is 6.72. The fourth-order valence-corrected chi connectivity index (χ4v) is 7.82. The van der Waals surface area contributed by atoms with E-state index in [9.17, 15) is 0 Å². The minimum atomic E-state index is 0.661. The number of thiophene rings is 1. The highest BCUT2D eigenvalue weighted by Crippen LogP contribution is 2.42. The molecule has 5 aromatic carbocycles. The van der Waals surface area contributed by atoms with Crippen molar-refractivity contribution in [2.24, 2.45) is 0 Å². The molecule has 0 saturated heterocycles. The van der Waals surface area contributed by atoms with Gasteiger partial charge in [-0.2, -0.15) is 0 Å². The summed E-state index contributed by atoms with van der Waals surface area (Å²) in [4.78, 5) is 19.6. The van der Waals surface area contributed by atoms with Crippen LogP contribution in [0.25, 0.3) is 87.7 Å². The van der Waals surface area contributed by atoms with Gasteiger partial charge >= 0.3 is 0 Å². The van der Waals surface area contributed by atoms with Crippen molar-refractivity contribution in [2.45, 2.75) is 0 Å². The molecule has 4 nitrogen and oxygen atoms in total. The Morgan fingerprint density at radius 2 is 0.980 bits per heavy atom. The topological polar surface area (TPSA) is 51.6 Å². The summed E-state index contributed by atoms with van der Waals surface area (Å²) >= 11 is 8.36. The van der Waals surface area contributed by atoms with E-state index in [-0.39, 0.29) is 0 Å². The van der Waals surface area contributed by atoms with Crippen LogP contribution in [0.3, 0.4) is 0 Å². The zero-order valence-electron chi connectivity index (χ0n) is 26.7. The molecule has 0 aliphatic rings. The van der Waals surface area contributed by atoms with Gasteiger partial charge in [-0.3, -0.25) is 9.97 Å². The summed E-state index contributed by atoms with van der Waals surface area (Å²) in [5, 5.41) is 1.75. The van der Waals surface area contributed by atoms with Crippen molar-refractivity contribution in [2.75, 3.05) is 0 Å². The molecule has 9 aromatic rings. The van der Waals surface area contributed by atoms with E-state index < -0.39 is 0 Å². The van der Waals surface area contributed by atoms with Crippen LogP contribution < -0.4 is 0 Å². The van der Waals surface area contributed by atoms with Crippen LogP contribution >= 0.6 is 22.9 Å². The molecule has 0 amide bonds. The molecule has 0 N–H and O–H groups in total. The Bertz CT molecular complexity index is 2520. The summed E-state index contributed by atoms with van der Waals surface area (Å²) in [6.45, 7) is 0. The lowest BCUT2D eigenvalue weighted by Gasteiger charge is -2.13.